The van der Waals surface area contributed by atoms with Crippen LogP contribution in [0.2, 0.25) is 0 Å². The van der Waals surface area contributed by atoms with Gasteiger partial charge in [0, 0.05) is 11.4 Å². The Labute approximate surface area is 165 Å². The van der Waals surface area contributed by atoms with Gasteiger partial charge in [-0.3, -0.25) is 4.79 Å². The highest BCUT2D eigenvalue weighted by atomic mass is 32.1. The molecule has 1 aliphatic carbocycles. The van der Waals surface area contributed by atoms with Crippen LogP contribution < -0.4 is 11.3 Å². The van der Waals surface area contributed by atoms with Crippen LogP contribution in [0.3, 0.4) is 0 Å². The largest absolute Gasteiger partial charge is 0.475 e. The number of benzene rings is 1. The van der Waals surface area contributed by atoms with Crippen molar-refractivity contribution in [2.75, 3.05) is 0 Å². The number of carboxylic acids is 1. The van der Waals surface area contributed by atoms with Crippen LogP contribution in [0.5, 0.6) is 0 Å². The summed E-state index contributed by atoms with van der Waals surface area (Å²) in [5, 5.41) is 9.37. The fourth-order valence-corrected chi connectivity index (χ4v) is 4.30. The molecule has 0 spiro atoms. The van der Waals surface area contributed by atoms with Crippen LogP contribution in [0.25, 0.3) is 10.2 Å². The second-order valence-electron chi connectivity index (χ2n) is 6.31. The van der Waals surface area contributed by atoms with E-state index < -0.39 is 23.5 Å². The Hall–Kier alpha value is -2.79. The third-order valence-electron chi connectivity index (χ3n) is 4.30. The van der Waals surface area contributed by atoms with Gasteiger partial charge in [0.2, 0.25) is 5.82 Å². The lowest BCUT2D eigenvalue weighted by atomic mass is 10.1. The Kier molecular flexibility index (Phi) is 5.71. The molecule has 0 aliphatic heterocycles. The van der Waals surface area contributed by atoms with E-state index in [1.165, 1.54) is 16.2 Å². The number of hydrogen-bond acceptors (Lipinski definition) is 5. The number of aryl methyl sites for hydroxylation is 2. The maximum atomic E-state index is 12.6. The van der Waals surface area contributed by atoms with E-state index in [9.17, 15) is 27.2 Å². The van der Waals surface area contributed by atoms with Gasteiger partial charge in [-0.05, 0) is 48.6 Å². The van der Waals surface area contributed by atoms with Gasteiger partial charge in [0.1, 0.15) is 10.6 Å². The van der Waals surface area contributed by atoms with Crippen molar-refractivity contribution < 1.29 is 27.5 Å². The summed E-state index contributed by atoms with van der Waals surface area (Å²) < 4.78 is 48.8. The monoisotopic (exact) mass is 429 g/mol. The van der Waals surface area contributed by atoms with Gasteiger partial charge < -0.3 is 15.8 Å². The number of H-pyrrole nitrogens is 1. The fraction of sp³-hybridized carbons (Fsp3) is 0.278. The highest BCUT2D eigenvalue weighted by Gasteiger charge is 2.31. The van der Waals surface area contributed by atoms with Crippen LogP contribution in [-0.2, 0) is 25.6 Å². The molecular formula is C18H15F4N3O3S. The van der Waals surface area contributed by atoms with Crippen LogP contribution in [-0.4, -0.2) is 21.0 Å². The lowest BCUT2D eigenvalue weighted by molar-refractivity contribution is -0.137. The van der Waals surface area contributed by atoms with Crippen molar-refractivity contribution in [2.24, 2.45) is 5.73 Å². The molecule has 0 fully saturated rings. The van der Waals surface area contributed by atoms with Crippen LogP contribution in [0.15, 0.2) is 23.0 Å². The number of aromatic nitrogens is 2. The maximum Gasteiger partial charge on any atom is 0.416 e. The quantitative estimate of drug-likeness (QED) is 0.541. The average Bonchev–Trinajstić information content (AvgIpc) is 3.21. The Morgan fingerprint density at radius 2 is 2.00 bits per heavy atom. The van der Waals surface area contributed by atoms with E-state index in [2.05, 4.69) is 9.97 Å². The number of nitrogens with one attached hydrogen (secondary N) is 1. The molecule has 0 bridgehead atoms. The first-order valence-corrected chi connectivity index (χ1v) is 9.26. The molecule has 4 rings (SSSR count). The van der Waals surface area contributed by atoms with E-state index in [-0.39, 0.29) is 23.5 Å². The number of aromatic amines is 1. The maximum absolute atomic E-state index is 12.6. The zero-order valence-corrected chi connectivity index (χ0v) is 15.6. The summed E-state index contributed by atoms with van der Waals surface area (Å²) in [6.45, 7) is -0.110. The number of halogens is 4. The first-order valence-electron chi connectivity index (χ1n) is 8.44. The number of rotatable bonds is 2. The average molecular weight is 429 g/mol. The van der Waals surface area contributed by atoms with Gasteiger partial charge in [-0.15, -0.1) is 11.3 Å². The molecule has 2 aromatic heterocycles. The minimum atomic E-state index is -4.52. The second kappa shape index (κ2) is 7.91. The van der Waals surface area contributed by atoms with Crippen LogP contribution >= 0.6 is 11.3 Å². The number of fused-ring (bicyclic) bond motifs is 3. The van der Waals surface area contributed by atoms with Crippen molar-refractivity contribution in [3.8, 4) is 0 Å². The van der Waals surface area contributed by atoms with Crippen molar-refractivity contribution >= 4 is 27.5 Å². The number of nitrogens with zero attached hydrogens (tertiary/aromatic N) is 1. The smallest absolute Gasteiger partial charge is 0.416 e. The van der Waals surface area contributed by atoms with Gasteiger partial charge in [0.15, 0.2) is 0 Å². The predicted molar refractivity (Wildman–Crippen MR) is 98.5 cm³/mol. The zero-order chi connectivity index (χ0) is 21.3. The molecule has 6 nitrogen and oxygen atoms in total. The van der Waals surface area contributed by atoms with Gasteiger partial charge in [0.05, 0.1) is 10.9 Å². The van der Waals surface area contributed by atoms with Crippen molar-refractivity contribution in [3.63, 3.8) is 0 Å². The molecule has 11 heteroatoms. The predicted octanol–water partition coefficient (Wildman–Crippen LogP) is 3.47. The number of nitrogens with two attached hydrogens (primary N) is 1. The molecule has 1 aliphatic rings. The normalized spacial score (nSPS) is 13.1. The number of aromatic carboxylic acids is 1. The molecule has 4 N–H and O–H groups in total. The molecule has 0 atom stereocenters. The summed E-state index contributed by atoms with van der Waals surface area (Å²) in [5.74, 6) is -2.40. The number of thiophene rings is 1. The van der Waals surface area contributed by atoms with Crippen LogP contribution in [0, 0.1) is 5.82 Å². The third-order valence-corrected chi connectivity index (χ3v) is 5.48. The summed E-state index contributed by atoms with van der Waals surface area (Å²) in [7, 11) is 0. The lowest BCUT2D eigenvalue weighted by Gasteiger charge is -2.07. The Balaban J connectivity index is 0.000000170. The zero-order valence-electron chi connectivity index (χ0n) is 14.8. The van der Waals surface area contributed by atoms with Crippen molar-refractivity contribution in [1.82, 2.24) is 9.97 Å². The molecule has 29 heavy (non-hydrogen) atoms. The highest BCUT2D eigenvalue weighted by Crippen LogP contribution is 2.34. The Bertz CT molecular complexity index is 1140. The van der Waals surface area contributed by atoms with Crippen molar-refractivity contribution in [3.05, 3.63) is 61.8 Å². The van der Waals surface area contributed by atoms with Gasteiger partial charge in [-0.1, -0.05) is 0 Å². The molecule has 2 heterocycles. The van der Waals surface area contributed by atoms with E-state index >= 15 is 0 Å². The SMILES string of the molecule is NCc1cc(F)cc(C(F)(F)F)c1.O=C(O)c1nc2sc3c(c2c(=O)[nH]1)CCC3. The van der Waals surface area contributed by atoms with Crippen LogP contribution in [0.1, 0.15) is 38.6 Å². The van der Waals surface area contributed by atoms with Gasteiger partial charge in [-0.25, -0.2) is 14.2 Å². The number of hydrogen-bond donors (Lipinski definition) is 3. The highest BCUT2D eigenvalue weighted by molar-refractivity contribution is 7.18. The van der Waals surface area contributed by atoms with E-state index in [1.807, 2.05) is 0 Å². The molecule has 1 aromatic carbocycles. The topological polar surface area (TPSA) is 109 Å². The van der Waals surface area contributed by atoms with Gasteiger partial charge in [-0.2, -0.15) is 13.2 Å². The van der Waals surface area contributed by atoms with E-state index in [4.69, 9.17) is 10.8 Å². The molecule has 0 saturated carbocycles. The van der Waals surface area contributed by atoms with Gasteiger partial charge in [0.25, 0.3) is 5.56 Å². The number of alkyl halides is 3. The van der Waals surface area contributed by atoms with Gasteiger partial charge >= 0.3 is 12.1 Å². The molecule has 154 valence electrons. The lowest BCUT2D eigenvalue weighted by Crippen LogP contribution is -2.15. The summed E-state index contributed by atoms with van der Waals surface area (Å²) in [4.78, 5) is 30.5. The minimum absolute atomic E-state index is 0.110. The second-order valence-corrected chi connectivity index (χ2v) is 7.39. The Morgan fingerprint density at radius 1 is 1.28 bits per heavy atom. The third kappa shape index (κ3) is 4.46. The first kappa shape index (κ1) is 20.9. The Morgan fingerprint density at radius 3 is 2.62 bits per heavy atom. The summed E-state index contributed by atoms with van der Waals surface area (Å²) >= 11 is 1.44. The summed E-state index contributed by atoms with van der Waals surface area (Å²) in [6, 6.07) is 2.26. The first-order chi connectivity index (χ1) is 13.6. The standard InChI is InChI=1S/C10H8N2O3S.C8H7F4N/c13-8-6-4-2-1-3-5(4)16-9(6)12-7(11-8)10(14)15;9-7-2-5(4-13)1-6(3-7)8(10,11)12/h1-3H2,(H,14,15)(H,11,12,13);1-3H,4,13H2. The van der Waals surface area contributed by atoms with E-state index in [0.29, 0.717) is 16.3 Å². The summed E-state index contributed by atoms with van der Waals surface area (Å²) in [5.41, 5.74) is 4.95. The molecule has 3 aromatic rings. The molecule has 0 amide bonds. The van der Waals surface area contributed by atoms with E-state index in [0.717, 1.165) is 37.0 Å². The molecular weight excluding hydrogens is 414 g/mol. The molecule has 0 unspecified atom stereocenters. The van der Waals surface area contributed by atoms with Crippen molar-refractivity contribution in [1.29, 1.82) is 0 Å². The fourth-order valence-electron chi connectivity index (χ4n) is 3.04. The van der Waals surface area contributed by atoms with Crippen LogP contribution in [0.4, 0.5) is 17.6 Å². The summed E-state index contributed by atoms with van der Waals surface area (Å²) in [6.07, 6.45) is -1.59. The number of carboxylic acid groups (broad SMARTS) is 1. The molecule has 0 radical (unpaired) electrons. The minimum Gasteiger partial charge on any atom is -0.475 e. The van der Waals surface area contributed by atoms with Crippen molar-refractivity contribution in [2.45, 2.75) is 32.0 Å². The van der Waals surface area contributed by atoms with E-state index in [1.54, 1.807) is 0 Å². The number of carbonyl (C=O) groups is 1. The molecule has 0 saturated heterocycles.